The third-order valence-electron chi connectivity index (χ3n) is 4.32. The Morgan fingerprint density at radius 2 is 1.74 bits per heavy atom. The van der Waals surface area contributed by atoms with Crippen LogP contribution in [0.3, 0.4) is 0 Å². The molecule has 2 aromatic carbocycles. The quantitative estimate of drug-likeness (QED) is 0.720. The molecule has 27 heavy (non-hydrogen) atoms. The van der Waals surface area contributed by atoms with Gasteiger partial charge in [-0.05, 0) is 30.7 Å². The molecule has 0 saturated carbocycles. The molecule has 0 bridgehead atoms. The summed E-state index contributed by atoms with van der Waals surface area (Å²) in [6.45, 7) is 2.39. The van der Waals surface area contributed by atoms with Crippen LogP contribution in [0.4, 0.5) is 0 Å². The van der Waals surface area contributed by atoms with Crippen LogP contribution in [-0.2, 0) is 6.54 Å². The molecular weight excluding hydrogens is 340 g/mol. The lowest BCUT2D eigenvalue weighted by atomic mass is 10.0. The lowest BCUT2D eigenvalue weighted by molar-refractivity contribution is 0.0950. The summed E-state index contributed by atoms with van der Waals surface area (Å²) in [7, 11) is 3.19. The number of aryl methyl sites for hydroxylation is 1. The van der Waals surface area contributed by atoms with Crippen LogP contribution in [0, 0.1) is 6.92 Å². The number of carbonyl (C=O) groups excluding carboxylic acids is 1. The predicted molar refractivity (Wildman–Crippen MR) is 105 cm³/mol. The number of rotatable bonds is 6. The van der Waals surface area contributed by atoms with Gasteiger partial charge in [-0.15, -0.1) is 0 Å². The first-order chi connectivity index (χ1) is 13.1. The van der Waals surface area contributed by atoms with Gasteiger partial charge in [0.05, 0.1) is 19.8 Å². The number of hydrogen-bond donors (Lipinski definition) is 1. The fourth-order valence-corrected chi connectivity index (χ4v) is 2.74. The zero-order valence-corrected chi connectivity index (χ0v) is 15.7. The molecule has 0 aliphatic rings. The Balaban J connectivity index is 1.73. The average molecular weight is 362 g/mol. The maximum absolute atomic E-state index is 12.6. The summed E-state index contributed by atoms with van der Waals surface area (Å²) in [6.07, 6.45) is 3.33. The summed E-state index contributed by atoms with van der Waals surface area (Å²) >= 11 is 0. The van der Waals surface area contributed by atoms with Crippen molar-refractivity contribution < 1.29 is 14.3 Å². The van der Waals surface area contributed by atoms with Crippen molar-refractivity contribution in [2.24, 2.45) is 0 Å². The summed E-state index contributed by atoms with van der Waals surface area (Å²) in [5.74, 6) is 1.19. The van der Waals surface area contributed by atoms with E-state index in [2.05, 4.69) is 10.3 Å². The largest absolute Gasteiger partial charge is 0.497 e. The maximum atomic E-state index is 12.6. The number of nitrogens with zero attached hydrogens (tertiary/aromatic N) is 1. The molecule has 0 atom stereocenters. The highest BCUT2D eigenvalue weighted by molar-refractivity contribution is 5.95. The van der Waals surface area contributed by atoms with E-state index in [9.17, 15) is 4.79 Å². The first kappa shape index (κ1) is 18.5. The molecule has 0 aliphatic heterocycles. The van der Waals surface area contributed by atoms with Gasteiger partial charge < -0.3 is 14.8 Å². The molecular formula is C22H22N2O3. The Morgan fingerprint density at radius 3 is 2.44 bits per heavy atom. The topological polar surface area (TPSA) is 60.5 Å². The molecule has 1 aromatic heterocycles. The van der Waals surface area contributed by atoms with Gasteiger partial charge in [0.15, 0.2) is 0 Å². The summed E-state index contributed by atoms with van der Waals surface area (Å²) in [6, 6.07) is 15.5. The van der Waals surface area contributed by atoms with Gasteiger partial charge in [0, 0.05) is 36.1 Å². The minimum Gasteiger partial charge on any atom is -0.497 e. The molecule has 1 amide bonds. The predicted octanol–water partition coefficient (Wildman–Crippen LogP) is 4.00. The second kappa shape index (κ2) is 8.36. The van der Waals surface area contributed by atoms with Crippen LogP contribution in [0.2, 0.25) is 0 Å². The highest BCUT2D eigenvalue weighted by Crippen LogP contribution is 2.24. The molecule has 1 heterocycles. The van der Waals surface area contributed by atoms with Gasteiger partial charge in [-0.2, -0.15) is 0 Å². The summed E-state index contributed by atoms with van der Waals surface area (Å²) < 4.78 is 10.6. The number of aromatic nitrogens is 1. The SMILES string of the molecule is COc1ccc(CNC(=O)c2cncc(-c3ccc(C)cc3)c2)c(OC)c1. The van der Waals surface area contributed by atoms with E-state index >= 15 is 0 Å². The molecule has 138 valence electrons. The van der Waals surface area contributed by atoms with E-state index in [0.29, 0.717) is 23.6 Å². The summed E-state index contributed by atoms with van der Waals surface area (Å²) in [5, 5.41) is 2.92. The van der Waals surface area contributed by atoms with Gasteiger partial charge in [-0.1, -0.05) is 29.8 Å². The van der Waals surface area contributed by atoms with Crippen molar-refractivity contribution in [3.8, 4) is 22.6 Å². The normalized spacial score (nSPS) is 10.3. The van der Waals surface area contributed by atoms with Crippen molar-refractivity contribution in [2.75, 3.05) is 14.2 Å². The van der Waals surface area contributed by atoms with E-state index in [-0.39, 0.29) is 5.91 Å². The molecule has 3 aromatic rings. The van der Waals surface area contributed by atoms with Crippen LogP contribution in [0.5, 0.6) is 11.5 Å². The number of nitrogens with one attached hydrogen (secondary N) is 1. The van der Waals surface area contributed by atoms with Gasteiger partial charge in [0.2, 0.25) is 0 Å². The zero-order valence-electron chi connectivity index (χ0n) is 15.7. The number of methoxy groups -OCH3 is 2. The minimum absolute atomic E-state index is 0.186. The minimum atomic E-state index is -0.186. The molecule has 0 spiro atoms. The van der Waals surface area contributed by atoms with E-state index < -0.39 is 0 Å². The van der Waals surface area contributed by atoms with Crippen LogP contribution in [-0.4, -0.2) is 25.1 Å². The molecule has 0 radical (unpaired) electrons. The average Bonchev–Trinajstić information content (AvgIpc) is 2.72. The van der Waals surface area contributed by atoms with Crippen molar-refractivity contribution in [3.05, 3.63) is 77.6 Å². The van der Waals surface area contributed by atoms with E-state index in [1.807, 2.05) is 49.4 Å². The fourth-order valence-electron chi connectivity index (χ4n) is 2.74. The van der Waals surface area contributed by atoms with E-state index in [0.717, 1.165) is 16.7 Å². The molecule has 3 rings (SSSR count). The number of ether oxygens (including phenoxy) is 2. The molecule has 5 nitrogen and oxygen atoms in total. The van der Waals surface area contributed by atoms with Crippen LogP contribution >= 0.6 is 0 Å². The smallest absolute Gasteiger partial charge is 0.253 e. The molecule has 5 heteroatoms. The van der Waals surface area contributed by atoms with Crippen molar-refractivity contribution in [2.45, 2.75) is 13.5 Å². The third-order valence-corrected chi connectivity index (χ3v) is 4.32. The summed E-state index contributed by atoms with van der Waals surface area (Å²) in [4.78, 5) is 16.8. The number of amides is 1. The van der Waals surface area contributed by atoms with Crippen LogP contribution in [0.1, 0.15) is 21.5 Å². The Morgan fingerprint density at radius 1 is 0.963 bits per heavy atom. The highest BCUT2D eigenvalue weighted by Gasteiger charge is 2.10. The van der Waals surface area contributed by atoms with E-state index in [4.69, 9.17) is 9.47 Å². The summed E-state index contributed by atoms with van der Waals surface area (Å²) in [5.41, 5.74) is 4.51. The molecule has 1 N–H and O–H groups in total. The second-order valence-corrected chi connectivity index (χ2v) is 6.19. The maximum Gasteiger partial charge on any atom is 0.253 e. The Bertz CT molecular complexity index is 937. The van der Waals surface area contributed by atoms with E-state index in [1.54, 1.807) is 32.7 Å². The number of hydrogen-bond acceptors (Lipinski definition) is 4. The van der Waals surface area contributed by atoms with Gasteiger partial charge in [-0.3, -0.25) is 9.78 Å². The Hall–Kier alpha value is -3.34. The van der Waals surface area contributed by atoms with Crippen molar-refractivity contribution >= 4 is 5.91 Å². The van der Waals surface area contributed by atoms with Crippen LogP contribution < -0.4 is 14.8 Å². The number of pyridine rings is 1. The van der Waals surface area contributed by atoms with Gasteiger partial charge >= 0.3 is 0 Å². The van der Waals surface area contributed by atoms with Crippen molar-refractivity contribution in [1.29, 1.82) is 0 Å². The number of benzene rings is 2. The van der Waals surface area contributed by atoms with E-state index in [1.165, 1.54) is 5.56 Å². The second-order valence-electron chi connectivity index (χ2n) is 6.19. The zero-order chi connectivity index (χ0) is 19.2. The number of carbonyl (C=O) groups is 1. The molecule has 0 saturated heterocycles. The van der Waals surface area contributed by atoms with Gasteiger partial charge in [-0.25, -0.2) is 0 Å². The monoisotopic (exact) mass is 362 g/mol. The molecule has 0 aliphatic carbocycles. The van der Waals surface area contributed by atoms with Crippen molar-refractivity contribution in [3.63, 3.8) is 0 Å². The molecule has 0 unspecified atom stereocenters. The van der Waals surface area contributed by atoms with Gasteiger partial charge in [0.25, 0.3) is 5.91 Å². The highest BCUT2D eigenvalue weighted by atomic mass is 16.5. The van der Waals surface area contributed by atoms with Gasteiger partial charge in [0.1, 0.15) is 11.5 Å². The molecule has 0 fully saturated rings. The first-order valence-corrected chi connectivity index (χ1v) is 8.62. The fraction of sp³-hybridized carbons (Fsp3) is 0.182. The standard InChI is InChI=1S/C22H22N2O3/c1-15-4-6-16(7-5-15)18-10-19(13-23-12-18)22(25)24-14-17-8-9-20(26-2)11-21(17)27-3/h4-13H,14H2,1-3H3,(H,24,25). The Labute approximate surface area is 159 Å². The van der Waals surface area contributed by atoms with Crippen LogP contribution in [0.15, 0.2) is 60.9 Å². The first-order valence-electron chi connectivity index (χ1n) is 8.62. The Kier molecular flexibility index (Phi) is 5.71. The van der Waals surface area contributed by atoms with Crippen molar-refractivity contribution in [1.82, 2.24) is 10.3 Å². The van der Waals surface area contributed by atoms with Crippen LogP contribution in [0.25, 0.3) is 11.1 Å². The lowest BCUT2D eigenvalue weighted by Gasteiger charge is -2.11. The third kappa shape index (κ3) is 4.44. The lowest BCUT2D eigenvalue weighted by Crippen LogP contribution is -2.23.